The molecule has 0 aromatic carbocycles. The minimum atomic E-state index is 0. The van der Waals surface area contributed by atoms with Crippen molar-refractivity contribution in [1.82, 2.24) is 4.90 Å². The number of alkyl halides is 1. The maximum absolute atomic E-state index is 6.04. The Labute approximate surface area is 87.0 Å². The Morgan fingerprint density at radius 2 is 1.75 bits per heavy atom. The summed E-state index contributed by atoms with van der Waals surface area (Å²) in [5.41, 5.74) is 0.194. The minimum absolute atomic E-state index is 0. The molecule has 0 heterocycles. The highest BCUT2D eigenvalue weighted by molar-refractivity contribution is 6.20. The molecule has 0 aromatic heterocycles. The van der Waals surface area contributed by atoms with Crippen LogP contribution in [0.1, 0.15) is 27.2 Å². The first-order chi connectivity index (χ1) is 4.76. The molecule has 0 amide bonds. The normalized spacial score (nSPS) is 11.8. The Kier molecular flexibility index (Phi) is 17.6. The van der Waals surface area contributed by atoms with E-state index in [1.807, 2.05) is 6.92 Å². The van der Waals surface area contributed by atoms with Crippen molar-refractivity contribution in [2.75, 3.05) is 13.1 Å². The molecule has 0 aromatic rings. The van der Waals surface area contributed by atoms with Crippen molar-refractivity contribution < 1.29 is 5.48 Å². The number of rotatable bonds is 5. The van der Waals surface area contributed by atoms with E-state index in [0.29, 0.717) is 0 Å². The number of halogens is 2. The Bertz CT molecular complexity index is 79.5. The molecule has 0 saturated heterocycles. The smallest absolute Gasteiger partial charge is 0.0852 e. The van der Waals surface area contributed by atoms with Gasteiger partial charge in [0.05, 0.1) is 5.50 Å². The monoisotopic (exact) mass is 216 g/mol. The molecule has 12 heavy (non-hydrogen) atoms. The highest BCUT2D eigenvalue weighted by Gasteiger charge is 2.09. The zero-order valence-electron chi connectivity index (χ0n) is 8.01. The van der Waals surface area contributed by atoms with Crippen molar-refractivity contribution in [3.63, 3.8) is 0 Å². The molecule has 0 rings (SSSR count). The van der Waals surface area contributed by atoms with Crippen LogP contribution in [0.15, 0.2) is 0 Å². The SMILES string of the molecule is C[CH]CC(Cl)N(CC)CC.Cl.O. The summed E-state index contributed by atoms with van der Waals surface area (Å²) in [7, 11) is 0. The second kappa shape index (κ2) is 11.5. The third kappa shape index (κ3) is 7.17. The highest BCUT2D eigenvalue weighted by Crippen LogP contribution is 2.09. The quantitative estimate of drug-likeness (QED) is 0.513. The molecule has 77 valence electrons. The van der Waals surface area contributed by atoms with Crippen molar-refractivity contribution in [1.29, 1.82) is 0 Å². The fraction of sp³-hybridized carbons (Fsp3) is 0.875. The lowest BCUT2D eigenvalue weighted by molar-refractivity contribution is 0.276. The first kappa shape index (κ1) is 18.3. The number of nitrogens with zero attached hydrogens (tertiary/aromatic N) is 1. The van der Waals surface area contributed by atoms with Crippen LogP contribution in [0.5, 0.6) is 0 Å². The van der Waals surface area contributed by atoms with E-state index in [0.717, 1.165) is 19.5 Å². The van der Waals surface area contributed by atoms with Gasteiger partial charge in [0.25, 0.3) is 0 Å². The predicted molar refractivity (Wildman–Crippen MR) is 58.0 cm³/mol. The van der Waals surface area contributed by atoms with Crippen LogP contribution in [0.2, 0.25) is 0 Å². The van der Waals surface area contributed by atoms with Gasteiger partial charge in [0.15, 0.2) is 0 Å². The van der Waals surface area contributed by atoms with Crippen LogP contribution in [-0.4, -0.2) is 29.0 Å². The topological polar surface area (TPSA) is 34.7 Å². The van der Waals surface area contributed by atoms with Crippen LogP contribution in [0.3, 0.4) is 0 Å². The van der Waals surface area contributed by atoms with Crippen LogP contribution in [0, 0.1) is 6.42 Å². The number of hydrogen-bond donors (Lipinski definition) is 0. The van der Waals surface area contributed by atoms with E-state index < -0.39 is 0 Å². The third-order valence-corrected chi connectivity index (χ3v) is 2.09. The van der Waals surface area contributed by atoms with Crippen molar-refractivity contribution in [2.45, 2.75) is 32.7 Å². The van der Waals surface area contributed by atoms with Crippen molar-refractivity contribution in [3.8, 4) is 0 Å². The molecule has 2 N–H and O–H groups in total. The summed E-state index contributed by atoms with van der Waals surface area (Å²) in [6.45, 7) is 8.39. The molecular weight excluding hydrogens is 197 g/mol. The summed E-state index contributed by atoms with van der Waals surface area (Å²) in [6.07, 6.45) is 3.08. The fourth-order valence-corrected chi connectivity index (χ4v) is 1.42. The van der Waals surface area contributed by atoms with Crippen molar-refractivity contribution >= 4 is 24.0 Å². The van der Waals surface area contributed by atoms with Gasteiger partial charge in [-0.25, -0.2) is 0 Å². The average Bonchev–Trinajstić information content (AvgIpc) is 1.91. The molecule has 0 fully saturated rings. The van der Waals surface area contributed by atoms with Gasteiger partial charge in [0.1, 0.15) is 0 Å². The lowest BCUT2D eigenvalue weighted by atomic mass is 10.3. The van der Waals surface area contributed by atoms with E-state index in [1.165, 1.54) is 0 Å². The standard InChI is InChI=1S/C8H17ClN.ClH.H2O/c1-4-7-8(9)10(5-2)6-3;;/h4,8H,5-7H2,1-3H3;1H;1H2. The Balaban J connectivity index is -0.000000405. The minimum Gasteiger partial charge on any atom is -0.412 e. The van der Waals surface area contributed by atoms with E-state index in [9.17, 15) is 0 Å². The van der Waals surface area contributed by atoms with E-state index in [4.69, 9.17) is 11.6 Å². The van der Waals surface area contributed by atoms with Gasteiger partial charge in [-0.15, -0.1) is 24.0 Å². The lowest BCUT2D eigenvalue weighted by Crippen LogP contribution is -2.30. The van der Waals surface area contributed by atoms with Crippen LogP contribution < -0.4 is 0 Å². The van der Waals surface area contributed by atoms with Gasteiger partial charge in [-0.05, 0) is 25.9 Å². The molecule has 1 unspecified atom stereocenters. The molecule has 0 aliphatic rings. The molecular formula is C8H20Cl2NO. The fourth-order valence-electron chi connectivity index (χ4n) is 0.963. The largest absolute Gasteiger partial charge is 0.412 e. The first-order valence-corrected chi connectivity index (χ1v) is 4.35. The van der Waals surface area contributed by atoms with Crippen LogP contribution >= 0.6 is 24.0 Å². The second-order valence-corrected chi connectivity index (χ2v) is 2.80. The summed E-state index contributed by atoms with van der Waals surface area (Å²) in [6, 6.07) is 0. The van der Waals surface area contributed by atoms with E-state index in [2.05, 4.69) is 25.2 Å². The van der Waals surface area contributed by atoms with Gasteiger partial charge in [-0.2, -0.15) is 0 Å². The average molecular weight is 217 g/mol. The summed E-state index contributed by atoms with van der Waals surface area (Å²) in [4.78, 5) is 2.24. The van der Waals surface area contributed by atoms with Crippen molar-refractivity contribution in [3.05, 3.63) is 6.42 Å². The van der Waals surface area contributed by atoms with E-state index >= 15 is 0 Å². The predicted octanol–water partition coefficient (Wildman–Crippen LogP) is 2.10. The van der Waals surface area contributed by atoms with Gasteiger partial charge in [-0.3, -0.25) is 4.90 Å². The molecule has 1 atom stereocenters. The lowest BCUT2D eigenvalue weighted by Gasteiger charge is -2.23. The maximum atomic E-state index is 6.04. The van der Waals surface area contributed by atoms with E-state index in [1.54, 1.807) is 0 Å². The summed E-state index contributed by atoms with van der Waals surface area (Å²) < 4.78 is 0. The van der Waals surface area contributed by atoms with Crippen LogP contribution in [-0.2, 0) is 0 Å². The molecule has 2 nitrogen and oxygen atoms in total. The van der Waals surface area contributed by atoms with Gasteiger partial charge < -0.3 is 5.48 Å². The summed E-state index contributed by atoms with van der Waals surface area (Å²) in [5, 5.41) is 0. The summed E-state index contributed by atoms with van der Waals surface area (Å²) in [5.74, 6) is 0. The Morgan fingerprint density at radius 3 is 2.00 bits per heavy atom. The Hall–Kier alpha value is 0.500. The molecule has 4 heteroatoms. The molecule has 1 radical (unpaired) electrons. The summed E-state index contributed by atoms with van der Waals surface area (Å²) >= 11 is 6.04. The second-order valence-electron chi connectivity index (χ2n) is 2.30. The maximum Gasteiger partial charge on any atom is 0.0852 e. The van der Waals surface area contributed by atoms with Gasteiger partial charge in [0.2, 0.25) is 0 Å². The van der Waals surface area contributed by atoms with Gasteiger partial charge in [0, 0.05) is 0 Å². The highest BCUT2D eigenvalue weighted by atomic mass is 35.5. The van der Waals surface area contributed by atoms with Gasteiger partial charge in [-0.1, -0.05) is 20.8 Å². The van der Waals surface area contributed by atoms with Gasteiger partial charge >= 0.3 is 0 Å². The molecule has 0 aliphatic carbocycles. The zero-order valence-corrected chi connectivity index (χ0v) is 9.58. The van der Waals surface area contributed by atoms with Crippen LogP contribution in [0.25, 0.3) is 0 Å². The Morgan fingerprint density at radius 1 is 1.33 bits per heavy atom. The molecule has 0 spiro atoms. The third-order valence-electron chi connectivity index (χ3n) is 1.64. The first-order valence-electron chi connectivity index (χ1n) is 3.92. The molecule has 0 bridgehead atoms. The molecule has 0 aliphatic heterocycles. The van der Waals surface area contributed by atoms with Crippen molar-refractivity contribution in [2.24, 2.45) is 0 Å². The molecule has 0 saturated carbocycles. The van der Waals surface area contributed by atoms with Crippen LogP contribution in [0.4, 0.5) is 0 Å². The zero-order chi connectivity index (χ0) is 7.98. The number of hydrogen-bond acceptors (Lipinski definition) is 1. The van der Waals surface area contributed by atoms with E-state index in [-0.39, 0.29) is 23.4 Å².